The molecule has 0 aliphatic carbocycles. The number of aromatic nitrogens is 2. The van der Waals surface area contributed by atoms with Gasteiger partial charge in [-0.05, 0) is 6.92 Å². The van der Waals surface area contributed by atoms with Gasteiger partial charge in [-0.3, -0.25) is 0 Å². The molecule has 1 aromatic heterocycles. The molecule has 1 unspecified atom stereocenters. The molecule has 0 aromatic carbocycles. The summed E-state index contributed by atoms with van der Waals surface area (Å²) in [6, 6.07) is 0. The van der Waals surface area contributed by atoms with Gasteiger partial charge in [0.25, 0.3) is 0 Å². The summed E-state index contributed by atoms with van der Waals surface area (Å²) in [5.41, 5.74) is 0. The number of halogens is 1. The molecular weight excluding hydrogens is 202 g/mol. The van der Waals surface area contributed by atoms with Crippen molar-refractivity contribution in [2.45, 2.75) is 13.0 Å². The van der Waals surface area contributed by atoms with Crippen molar-refractivity contribution in [2.24, 2.45) is 0 Å². The Hall–Kier alpha value is -1.47. The number of anilines is 1. The zero-order valence-electron chi connectivity index (χ0n) is 7.91. The van der Waals surface area contributed by atoms with Gasteiger partial charge in [0.05, 0.1) is 6.20 Å². The van der Waals surface area contributed by atoms with E-state index >= 15 is 0 Å². The van der Waals surface area contributed by atoms with E-state index in [2.05, 4.69) is 21.2 Å². The average molecular weight is 212 g/mol. The topological polar surface area (TPSA) is 47.0 Å². The fourth-order valence-corrected chi connectivity index (χ4v) is 0.892. The van der Waals surface area contributed by atoms with Gasteiger partial charge in [-0.25, -0.2) is 4.98 Å². The molecule has 5 heteroatoms. The van der Waals surface area contributed by atoms with Crippen molar-refractivity contribution in [2.75, 3.05) is 12.4 Å². The summed E-state index contributed by atoms with van der Waals surface area (Å²) >= 11 is 5.81. The lowest BCUT2D eigenvalue weighted by Crippen LogP contribution is -2.10. The van der Waals surface area contributed by atoms with E-state index in [0.29, 0.717) is 11.0 Å². The second-order valence-electron chi connectivity index (χ2n) is 2.52. The summed E-state index contributed by atoms with van der Waals surface area (Å²) < 4.78 is 5.28. The molecular formula is C9H10ClN3O. The minimum atomic E-state index is -0.368. The Morgan fingerprint density at radius 3 is 3.00 bits per heavy atom. The van der Waals surface area contributed by atoms with Crippen LogP contribution < -0.4 is 10.1 Å². The zero-order valence-corrected chi connectivity index (χ0v) is 8.67. The van der Waals surface area contributed by atoms with Crippen LogP contribution in [0.5, 0.6) is 5.88 Å². The van der Waals surface area contributed by atoms with E-state index in [-0.39, 0.29) is 12.0 Å². The molecule has 0 saturated heterocycles. The maximum Gasteiger partial charge on any atom is 0.238 e. The number of hydrogen-bond donors (Lipinski definition) is 1. The smallest absolute Gasteiger partial charge is 0.238 e. The van der Waals surface area contributed by atoms with Crippen molar-refractivity contribution < 1.29 is 4.74 Å². The molecule has 0 radical (unpaired) electrons. The van der Waals surface area contributed by atoms with Gasteiger partial charge in [0, 0.05) is 7.05 Å². The van der Waals surface area contributed by atoms with Crippen LogP contribution in [-0.2, 0) is 0 Å². The molecule has 1 aromatic rings. The third-order valence-electron chi connectivity index (χ3n) is 1.46. The number of rotatable bonds is 3. The first-order chi connectivity index (χ1) is 6.67. The third-order valence-corrected chi connectivity index (χ3v) is 1.72. The lowest BCUT2D eigenvalue weighted by Gasteiger charge is -2.09. The fraction of sp³-hybridized carbons (Fsp3) is 0.333. The molecule has 1 heterocycles. The Morgan fingerprint density at radius 2 is 2.43 bits per heavy atom. The minimum absolute atomic E-state index is 0.288. The van der Waals surface area contributed by atoms with Gasteiger partial charge >= 0.3 is 0 Å². The van der Waals surface area contributed by atoms with Gasteiger partial charge in [0.15, 0.2) is 6.10 Å². The quantitative estimate of drug-likeness (QED) is 0.772. The molecule has 1 rings (SSSR count). The molecule has 0 aliphatic rings. The van der Waals surface area contributed by atoms with Crippen molar-refractivity contribution in [3.8, 4) is 18.2 Å². The molecule has 4 nitrogen and oxygen atoms in total. The highest BCUT2D eigenvalue weighted by Gasteiger charge is 2.08. The predicted octanol–water partition coefficient (Wildman–Crippen LogP) is 1.57. The van der Waals surface area contributed by atoms with Gasteiger partial charge in [-0.2, -0.15) is 4.98 Å². The van der Waals surface area contributed by atoms with E-state index in [1.807, 2.05) is 0 Å². The normalized spacial score (nSPS) is 11.6. The monoisotopic (exact) mass is 211 g/mol. The molecule has 1 N–H and O–H groups in total. The summed E-state index contributed by atoms with van der Waals surface area (Å²) in [6.07, 6.45) is 6.25. The van der Waals surface area contributed by atoms with E-state index in [0.717, 1.165) is 0 Å². The lowest BCUT2D eigenvalue weighted by molar-refractivity contribution is 0.268. The van der Waals surface area contributed by atoms with Crippen LogP contribution in [0.15, 0.2) is 6.20 Å². The highest BCUT2D eigenvalue weighted by Crippen LogP contribution is 2.22. The fourth-order valence-electron chi connectivity index (χ4n) is 0.756. The zero-order chi connectivity index (χ0) is 10.6. The molecule has 0 spiro atoms. The van der Waals surface area contributed by atoms with Crippen LogP contribution in [-0.4, -0.2) is 23.1 Å². The number of nitrogens with one attached hydrogen (secondary N) is 1. The Labute approximate surface area is 87.7 Å². The highest BCUT2D eigenvalue weighted by molar-refractivity contribution is 6.31. The van der Waals surface area contributed by atoms with E-state index in [1.54, 1.807) is 14.0 Å². The van der Waals surface area contributed by atoms with Gasteiger partial charge < -0.3 is 10.1 Å². The maximum absolute atomic E-state index is 5.81. The largest absolute Gasteiger partial charge is 0.460 e. The maximum atomic E-state index is 5.81. The van der Waals surface area contributed by atoms with Crippen LogP contribution in [0.2, 0.25) is 5.02 Å². The van der Waals surface area contributed by atoms with Gasteiger partial charge in [-0.15, -0.1) is 6.42 Å². The van der Waals surface area contributed by atoms with Crippen LogP contribution in [0.25, 0.3) is 0 Å². The number of ether oxygens (including phenoxy) is 1. The minimum Gasteiger partial charge on any atom is -0.460 e. The van der Waals surface area contributed by atoms with Crippen LogP contribution in [0, 0.1) is 12.3 Å². The van der Waals surface area contributed by atoms with E-state index in [9.17, 15) is 0 Å². The van der Waals surface area contributed by atoms with Crippen molar-refractivity contribution >= 4 is 17.5 Å². The molecule has 0 saturated carbocycles. The van der Waals surface area contributed by atoms with Crippen LogP contribution >= 0.6 is 11.6 Å². The molecule has 1 atom stereocenters. The van der Waals surface area contributed by atoms with Crippen LogP contribution in [0.1, 0.15) is 6.92 Å². The average Bonchev–Trinajstić information content (AvgIpc) is 2.21. The summed E-state index contributed by atoms with van der Waals surface area (Å²) in [7, 11) is 1.71. The standard InChI is InChI=1S/C9H10ClN3O/c1-4-6(2)14-8-7(10)5-12-9(11-3)13-8/h1,5-6H,2-3H3,(H,11,12,13). The molecule has 0 amide bonds. The SMILES string of the molecule is C#CC(C)Oc1nc(NC)ncc1Cl. The van der Waals surface area contributed by atoms with Crippen molar-refractivity contribution in [3.05, 3.63) is 11.2 Å². The van der Waals surface area contributed by atoms with Crippen LogP contribution in [0.4, 0.5) is 5.95 Å². The molecule has 14 heavy (non-hydrogen) atoms. The van der Waals surface area contributed by atoms with E-state index < -0.39 is 0 Å². The first kappa shape index (κ1) is 10.6. The number of terminal acetylenes is 1. The summed E-state index contributed by atoms with van der Waals surface area (Å²) in [4.78, 5) is 7.91. The molecule has 0 bridgehead atoms. The summed E-state index contributed by atoms with van der Waals surface area (Å²) in [5, 5.41) is 3.11. The van der Waals surface area contributed by atoms with Crippen molar-refractivity contribution in [1.29, 1.82) is 0 Å². The van der Waals surface area contributed by atoms with Gasteiger partial charge in [-0.1, -0.05) is 17.5 Å². The van der Waals surface area contributed by atoms with E-state index in [1.165, 1.54) is 6.20 Å². The number of hydrogen-bond acceptors (Lipinski definition) is 4. The van der Waals surface area contributed by atoms with Gasteiger partial charge in [0.1, 0.15) is 5.02 Å². The molecule has 0 aliphatic heterocycles. The van der Waals surface area contributed by atoms with Crippen molar-refractivity contribution in [3.63, 3.8) is 0 Å². The Balaban J connectivity index is 2.90. The molecule has 74 valence electrons. The second kappa shape index (κ2) is 4.68. The Kier molecular flexibility index (Phi) is 3.55. The number of nitrogens with zero attached hydrogens (tertiary/aromatic N) is 2. The Bertz CT molecular complexity index is 362. The van der Waals surface area contributed by atoms with Crippen molar-refractivity contribution in [1.82, 2.24) is 9.97 Å². The third kappa shape index (κ3) is 2.51. The first-order valence-corrected chi connectivity index (χ1v) is 4.38. The van der Waals surface area contributed by atoms with E-state index in [4.69, 9.17) is 22.8 Å². The molecule has 0 fully saturated rings. The van der Waals surface area contributed by atoms with Gasteiger partial charge in [0.2, 0.25) is 11.8 Å². The lowest BCUT2D eigenvalue weighted by atomic mass is 10.4. The highest BCUT2D eigenvalue weighted by atomic mass is 35.5. The summed E-state index contributed by atoms with van der Waals surface area (Å²) in [6.45, 7) is 1.73. The second-order valence-corrected chi connectivity index (χ2v) is 2.93. The predicted molar refractivity (Wildman–Crippen MR) is 55.5 cm³/mol. The van der Waals surface area contributed by atoms with Crippen LogP contribution in [0.3, 0.4) is 0 Å². The Morgan fingerprint density at radius 1 is 1.71 bits per heavy atom. The summed E-state index contributed by atoms with van der Waals surface area (Å²) in [5.74, 6) is 3.14. The first-order valence-electron chi connectivity index (χ1n) is 4.00.